The lowest BCUT2D eigenvalue weighted by atomic mass is 9.43. The highest BCUT2D eigenvalue weighted by Crippen LogP contribution is 2.69. The summed E-state index contributed by atoms with van der Waals surface area (Å²) in [5, 5.41) is 10.4. The van der Waals surface area contributed by atoms with Crippen molar-refractivity contribution in [2.75, 3.05) is 0 Å². The molecule has 0 bridgehead atoms. The molecule has 4 aliphatic rings. The zero-order chi connectivity index (χ0) is 21.0. The molecule has 3 saturated carbocycles. The van der Waals surface area contributed by atoms with Gasteiger partial charge in [-0.25, -0.2) is 0 Å². The SMILES string of the molecule is CC(C)CCC[C@@H](C)[C@H]1CCC2=C3CCC4(C)C[C@H](O)CC[C@]4(C)[C@H]3CC[C@@]21C. The molecule has 0 aliphatic heterocycles. The highest BCUT2D eigenvalue weighted by atomic mass is 16.3. The van der Waals surface area contributed by atoms with Gasteiger partial charge in [-0.05, 0) is 97.7 Å². The lowest BCUT2D eigenvalue weighted by Crippen LogP contribution is -2.54. The minimum absolute atomic E-state index is 0.0568. The summed E-state index contributed by atoms with van der Waals surface area (Å²) in [5.74, 6) is 3.43. The fourth-order valence-corrected chi connectivity index (χ4v) is 8.83. The van der Waals surface area contributed by atoms with E-state index in [1.54, 1.807) is 0 Å². The predicted octanol–water partition coefficient (Wildman–Crippen LogP) is 7.92. The molecule has 0 radical (unpaired) electrons. The minimum atomic E-state index is -0.0568. The van der Waals surface area contributed by atoms with E-state index in [0.29, 0.717) is 16.2 Å². The van der Waals surface area contributed by atoms with Gasteiger partial charge in [0.25, 0.3) is 0 Å². The Labute approximate surface area is 181 Å². The van der Waals surface area contributed by atoms with Crippen LogP contribution in [0.2, 0.25) is 0 Å². The summed E-state index contributed by atoms with van der Waals surface area (Å²) in [6, 6.07) is 0. The Hall–Kier alpha value is -0.300. The smallest absolute Gasteiger partial charge is 0.0545 e. The van der Waals surface area contributed by atoms with Gasteiger partial charge >= 0.3 is 0 Å². The standard InChI is InChI=1S/C28H48O/c1-19(2)8-7-9-20(3)23-10-11-24-22-13-15-26(4)18-21(29)12-17-28(26,6)25(22)14-16-27(23,24)5/h19-21,23,25,29H,7-18H2,1-6H3/t20-,21-,23-,25+,26?,27-,28-/m1/s1. The van der Waals surface area contributed by atoms with E-state index in [-0.39, 0.29) is 6.10 Å². The number of hydrogen-bond acceptors (Lipinski definition) is 1. The fourth-order valence-electron chi connectivity index (χ4n) is 8.83. The molecule has 0 aromatic carbocycles. The molecule has 7 atom stereocenters. The number of fused-ring (bicyclic) bond motifs is 4. The second kappa shape index (κ2) is 7.68. The molecular weight excluding hydrogens is 352 g/mol. The second-order valence-electron chi connectivity index (χ2n) is 12.8. The van der Waals surface area contributed by atoms with Crippen molar-refractivity contribution in [2.24, 2.45) is 39.9 Å². The zero-order valence-corrected chi connectivity index (χ0v) is 20.3. The molecule has 1 nitrogen and oxygen atoms in total. The first-order chi connectivity index (χ1) is 13.6. The molecule has 166 valence electrons. The van der Waals surface area contributed by atoms with Crippen molar-refractivity contribution in [3.05, 3.63) is 11.1 Å². The molecule has 1 heteroatoms. The summed E-state index contributed by atoms with van der Waals surface area (Å²) < 4.78 is 0. The van der Waals surface area contributed by atoms with Crippen molar-refractivity contribution >= 4 is 0 Å². The third-order valence-electron chi connectivity index (χ3n) is 10.9. The number of allylic oxidation sites excluding steroid dienone is 2. The molecule has 1 unspecified atom stereocenters. The van der Waals surface area contributed by atoms with Crippen LogP contribution < -0.4 is 0 Å². The van der Waals surface area contributed by atoms with Gasteiger partial charge in [0, 0.05) is 0 Å². The van der Waals surface area contributed by atoms with E-state index >= 15 is 0 Å². The Kier molecular flexibility index (Phi) is 5.81. The molecule has 0 spiro atoms. The first kappa shape index (κ1) is 21.9. The van der Waals surface area contributed by atoms with Crippen LogP contribution in [0.25, 0.3) is 0 Å². The van der Waals surface area contributed by atoms with Gasteiger partial charge in [0.2, 0.25) is 0 Å². The highest BCUT2D eigenvalue weighted by molar-refractivity contribution is 5.35. The predicted molar refractivity (Wildman–Crippen MR) is 124 cm³/mol. The number of aliphatic hydroxyl groups is 1. The average Bonchev–Trinajstić information content (AvgIpc) is 2.99. The number of hydrogen-bond donors (Lipinski definition) is 1. The summed E-state index contributed by atoms with van der Waals surface area (Å²) in [5.41, 5.74) is 5.07. The van der Waals surface area contributed by atoms with E-state index in [0.717, 1.165) is 36.5 Å². The molecule has 0 heterocycles. The van der Waals surface area contributed by atoms with Crippen LogP contribution in [0.5, 0.6) is 0 Å². The maximum absolute atomic E-state index is 10.4. The first-order valence-electron chi connectivity index (χ1n) is 13.0. The Morgan fingerprint density at radius 3 is 2.41 bits per heavy atom. The lowest BCUT2D eigenvalue weighted by molar-refractivity contribution is -0.101. The van der Waals surface area contributed by atoms with E-state index in [1.807, 2.05) is 11.1 Å². The minimum Gasteiger partial charge on any atom is -0.393 e. The van der Waals surface area contributed by atoms with E-state index in [2.05, 4.69) is 41.5 Å². The van der Waals surface area contributed by atoms with Crippen LogP contribution in [0, 0.1) is 39.9 Å². The fraction of sp³-hybridized carbons (Fsp3) is 0.929. The lowest BCUT2D eigenvalue weighted by Gasteiger charge is -2.62. The van der Waals surface area contributed by atoms with E-state index < -0.39 is 0 Å². The van der Waals surface area contributed by atoms with Crippen LogP contribution in [0.4, 0.5) is 0 Å². The van der Waals surface area contributed by atoms with Crippen LogP contribution >= 0.6 is 0 Å². The van der Waals surface area contributed by atoms with Crippen molar-refractivity contribution in [3.63, 3.8) is 0 Å². The van der Waals surface area contributed by atoms with Crippen LogP contribution in [-0.4, -0.2) is 11.2 Å². The molecule has 0 amide bonds. The van der Waals surface area contributed by atoms with Gasteiger partial charge in [-0.1, -0.05) is 72.0 Å². The summed E-state index contributed by atoms with van der Waals surface area (Å²) in [4.78, 5) is 0. The second-order valence-corrected chi connectivity index (χ2v) is 12.8. The third kappa shape index (κ3) is 3.46. The molecule has 0 aromatic rings. The van der Waals surface area contributed by atoms with Crippen molar-refractivity contribution in [1.82, 2.24) is 0 Å². The third-order valence-corrected chi connectivity index (χ3v) is 10.9. The highest BCUT2D eigenvalue weighted by Gasteiger charge is 2.59. The van der Waals surface area contributed by atoms with Gasteiger partial charge in [0.15, 0.2) is 0 Å². The number of rotatable bonds is 5. The molecule has 4 aliphatic carbocycles. The molecule has 0 aromatic heterocycles. The van der Waals surface area contributed by atoms with Crippen LogP contribution in [0.3, 0.4) is 0 Å². The van der Waals surface area contributed by atoms with Crippen LogP contribution in [-0.2, 0) is 0 Å². The topological polar surface area (TPSA) is 20.2 Å². The Balaban J connectivity index is 1.57. The van der Waals surface area contributed by atoms with Crippen molar-refractivity contribution in [1.29, 1.82) is 0 Å². The molecule has 29 heavy (non-hydrogen) atoms. The molecule has 4 rings (SSSR count). The average molecular weight is 401 g/mol. The van der Waals surface area contributed by atoms with Gasteiger partial charge in [-0.15, -0.1) is 0 Å². The maximum Gasteiger partial charge on any atom is 0.0545 e. The molecule has 1 N–H and O–H groups in total. The van der Waals surface area contributed by atoms with Gasteiger partial charge in [0.1, 0.15) is 0 Å². The Morgan fingerprint density at radius 1 is 0.931 bits per heavy atom. The summed E-state index contributed by atoms with van der Waals surface area (Å²) in [6.07, 6.45) is 15.8. The normalized spacial score (nSPS) is 45.7. The molecule has 0 saturated heterocycles. The van der Waals surface area contributed by atoms with E-state index in [1.165, 1.54) is 64.2 Å². The quantitative estimate of drug-likeness (QED) is 0.465. The Morgan fingerprint density at radius 2 is 1.69 bits per heavy atom. The van der Waals surface area contributed by atoms with E-state index in [4.69, 9.17) is 0 Å². The van der Waals surface area contributed by atoms with Crippen molar-refractivity contribution in [3.8, 4) is 0 Å². The van der Waals surface area contributed by atoms with Gasteiger partial charge in [-0.2, -0.15) is 0 Å². The Bertz CT molecular complexity index is 647. The summed E-state index contributed by atoms with van der Waals surface area (Å²) in [6.45, 7) is 15.1. The van der Waals surface area contributed by atoms with Crippen molar-refractivity contribution < 1.29 is 5.11 Å². The first-order valence-corrected chi connectivity index (χ1v) is 13.0. The summed E-state index contributed by atoms with van der Waals surface area (Å²) in [7, 11) is 0. The molecular formula is C28H48O. The molecule has 3 fully saturated rings. The number of aliphatic hydroxyl groups excluding tert-OH is 1. The van der Waals surface area contributed by atoms with Crippen LogP contribution in [0.1, 0.15) is 119 Å². The van der Waals surface area contributed by atoms with Gasteiger partial charge in [0.05, 0.1) is 6.10 Å². The van der Waals surface area contributed by atoms with Crippen molar-refractivity contribution in [2.45, 2.75) is 125 Å². The van der Waals surface area contributed by atoms with Gasteiger partial charge < -0.3 is 5.11 Å². The zero-order valence-electron chi connectivity index (χ0n) is 20.3. The maximum atomic E-state index is 10.4. The summed E-state index contributed by atoms with van der Waals surface area (Å²) >= 11 is 0. The van der Waals surface area contributed by atoms with Gasteiger partial charge in [-0.3, -0.25) is 0 Å². The largest absolute Gasteiger partial charge is 0.393 e. The van der Waals surface area contributed by atoms with Crippen LogP contribution in [0.15, 0.2) is 11.1 Å². The monoisotopic (exact) mass is 400 g/mol. The van der Waals surface area contributed by atoms with E-state index in [9.17, 15) is 5.11 Å².